The van der Waals surface area contributed by atoms with Crippen LogP contribution in [0.1, 0.15) is 29.8 Å². The normalized spacial score (nSPS) is 20.7. The molecule has 1 fully saturated rings. The van der Waals surface area contributed by atoms with E-state index in [1.54, 1.807) is 6.07 Å². The fourth-order valence-electron chi connectivity index (χ4n) is 3.17. The molecule has 0 aromatic heterocycles. The molecule has 1 N–H and O–H groups in total. The minimum absolute atomic E-state index is 0.159. The highest BCUT2D eigenvalue weighted by molar-refractivity contribution is 7.89. The van der Waals surface area contributed by atoms with Gasteiger partial charge < -0.3 is 10.1 Å². The van der Waals surface area contributed by atoms with Gasteiger partial charge in [0.15, 0.2) is 0 Å². The van der Waals surface area contributed by atoms with Crippen LogP contribution in [0, 0.1) is 0 Å². The first-order valence-corrected chi connectivity index (χ1v) is 10.9. The van der Waals surface area contributed by atoms with E-state index >= 15 is 0 Å². The Morgan fingerprint density at radius 3 is 2.32 bits per heavy atom. The second kappa shape index (κ2) is 8.61. The monoisotopic (exact) mass is 422 g/mol. The Morgan fingerprint density at radius 1 is 1.11 bits per heavy atom. The van der Waals surface area contributed by atoms with Crippen LogP contribution >= 0.6 is 11.6 Å². The van der Waals surface area contributed by atoms with Gasteiger partial charge >= 0.3 is 0 Å². The molecule has 0 radical (unpaired) electrons. The molecule has 2 aromatic carbocycles. The average Bonchev–Trinajstić information content (AvgIpc) is 2.66. The Kier molecular flexibility index (Phi) is 6.40. The Balaban J connectivity index is 1.68. The number of nitrogens with zero attached hydrogens (tertiary/aromatic N) is 1. The smallest absolute Gasteiger partial charge is 0.251 e. The third-order valence-corrected chi connectivity index (χ3v) is 6.75. The predicted molar refractivity (Wildman–Crippen MR) is 108 cm³/mol. The lowest BCUT2D eigenvalue weighted by atomic mass is 10.2. The lowest BCUT2D eigenvalue weighted by Gasteiger charge is -2.34. The highest BCUT2D eigenvalue weighted by Gasteiger charge is 2.32. The number of carbonyl (C=O) groups excluding carboxylic acids is 1. The van der Waals surface area contributed by atoms with Crippen molar-refractivity contribution in [3.8, 4) is 0 Å². The third-order valence-electron chi connectivity index (χ3n) is 4.54. The van der Waals surface area contributed by atoms with Gasteiger partial charge in [0, 0.05) is 30.2 Å². The van der Waals surface area contributed by atoms with Crippen molar-refractivity contribution in [1.82, 2.24) is 9.62 Å². The summed E-state index contributed by atoms with van der Waals surface area (Å²) in [6.45, 7) is 4.62. The zero-order valence-electron chi connectivity index (χ0n) is 15.8. The molecule has 0 aliphatic carbocycles. The molecule has 150 valence electrons. The van der Waals surface area contributed by atoms with Crippen molar-refractivity contribution in [2.24, 2.45) is 0 Å². The molecule has 3 rings (SSSR count). The zero-order valence-corrected chi connectivity index (χ0v) is 17.3. The number of carbonyl (C=O) groups is 1. The van der Waals surface area contributed by atoms with Crippen LogP contribution < -0.4 is 5.32 Å². The molecular formula is C20H23ClN2O4S. The minimum Gasteiger partial charge on any atom is -0.373 e. The summed E-state index contributed by atoms with van der Waals surface area (Å²) in [6.07, 6.45) is -0.318. The molecule has 2 atom stereocenters. The molecule has 6 nitrogen and oxygen atoms in total. The summed E-state index contributed by atoms with van der Waals surface area (Å²) in [5.41, 5.74) is 1.20. The summed E-state index contributed by atoms with van der Waals surface area (Å²) in [5, 5.41) is 3.37. The van der Waals surface area contributed by atoms with Gasteiger partial charge in [0.25, 0.3) is 5.91 Å². The quantitative estimate of drug-likeness (QED) is 0.803. The van der Waals surface area contributed by atoms with Crippen molar-refractivity contribution >= 4 is 27.5 Å². The standard InChI is InChI=1S/C20H23ClN2O4S/c1-14-12-23(13-15(2)27-14)28(25,26)18-9-7-16(8-10-18)20(24)22-11-17-5-3-4-6-19(17)21/h3-10,14-15H,11-13H2,1-2H3,(H,22,24)/t14-,15-/m1/s1. The van der Waals surface area contributed by atoms with Gasteiger partial charge in [0.05, 0.1) is 17.1 Å². The highest BCUT2D eigenvalue weighted by atomic mass is 35.5. The molecule has 0 bridgehead atoms. The Labute approximate surface area is 170 Å². The van der Waals surface area contributed by atoms with E-state index in [4.69, 9.17) is 16.3 Å². The number of halogens is 1. The van der Waals surface area contributed by atoms with E-state index in [-0.39, 0.29) is 23.0 Å². The molecule has 1 aliphatic rings. The summed E-state index contributed by atoms with van der Waals surface area (Å²) in [5.74, 6) is -0.294. The predicted octanol–water partition coefficient (Wildman–Crippen LogP) is 3.07. The number of benzene rings is 2. The van der Waals surface area contributed by atoms with Gasteiger partial charge in [-0.05, 0) is 49.7 Å². The van der Waals surface area contributed by atoms with Crippen LogP contribution in [0.2, 0.25) is 5.02 Å². The van der Waals surface area contributed by atoms with E-state index in [0.29, 0.717) is 30.2 Å². The summed E-state index contributed by atoms with van der Waals surface area (Å²) >= 11 is 6.09. The fraction of sp³-hybridized carbons (Fsp3) is 0.350. The summed E-state index contributed by atoms with van der Waals surface area (Å²) < 4.78 is 32.8. The molecule has 0 unspecified atom stereocenters. The maximum Gasteiger partial charge on any atom is 0.251 e. The van der Waals surface area contributed by atoms with Crippen LogP contribution in [0.25, 0.3) is 0 Å². The van der Waals surface area contributed by atoms with Crippen molar-refractivity contribution < 1.29 is 17.9 Å². The van der Waals surface area contributed by atoms with Crippen LogP contribution in [0.3, 0.4) is 0 Å². The van der Waals surface area contributed by atoms with Crippen LogP contribution in [-0.2, 0) is 21.3 Å². The minimum atomic E-state index is -3.63. The number of morpholine rings is 1. The lowest BCUT2D eigenvalue weighted by molar-refractivity contribution is -0.0440. The number of hydrogen-bond acceptors (Lipinski definition) is 4. The van der Waals surface area contributed by atoms with Gasteiger partial charge in [-0.25, -0.2) is 8.42 Å². The Bertz CT molecular complexity index is 937. The molecule has 0 saturated carbocycles. The van der Waals surface area contributed by atoms with Gasteiger partial charge in [-0.1, -0.05) is 29.8 Å². The number of amides is 1. The lowest BCUT2D eigenvalue weighted by Crippen LogP contribution is -2.48. The zero-order chi connectivity index (χ0) is 20.3. The van der Waals surface area contributed by atoms with Crippen molar-refractivity contribution in [1.29, 1.82) is 0 Å². The van der Waals surface area contributed by atoms with Crippen LogP contribution in [0.5, 0.6) is 0 Å². The number of nitrogens with one attached hydrogen (secondary N) is 1. The van der Waals surface area contributed by atoms with Crippen molar-refractivity contribution in [2.45, 2.75) is 37.5 Å². The van der Waals surface area contributed by atoms with Gasteiger partial charge in [0.1, 0.15) is 0 Å². The van der Waals surface area contributed by atoms with Crippen LogP contribution in [0.15, 0.2) is 53.4 Å². The summed E-state index contributed by atoms with van der Waals surface area (Å²) in [6, 6.07) is 13.2. The SMILES string of the molecule is C[C@@H]1CN(S(=O)(=O)c2ccc(C(=O)NCc3ccccc3Cl)cc2)C[C@@H](C)O1. The van der Waals surface area contributed by atoms with Gasteiger partial charge in [0.2, 0.25) is 10.0 Å². The second-order valence-electron chi connectivity index (χ2n) is 6.88. The number of rotatable bonds is 5. The van der Waals surface area contributed by atoms with E-state index < -0.39 is 10.0 Å². The van der Waals surface area contributed by atoms with Crippen molar-refractivity contribution in [2.75, 3.05) is 13.1 Å². The molecule has 1 aliphatic heterocycles. The van der Waals surface area contributed by atoms with E-state index in [0.717, 1.165) is 5.56 Å². The topological polar surface area (TPSA) is 75.7 Å². The van der Waals surface area contributed by atoms with Crippen molar-refractivity contribution in [3.63, 3.8) is 0 Å². The Morgan fingerprint density at radius 2 is 1.71 bits per heavy atom. The average molecular weight is 423 g/mol. The molecule has 1 amide bonds. The van der Waals surface area contributed by atoms with E-state index in [1.165, 1.54) is 28.6 Å². The third kappa shape index (κ3) is 4.72. The summed E-state index contributed by atoms with van der Waals surface area (Å²) in [7, 11) is -3.63. The van der Waals surface area contributed by atoms with Gasteiger partial charge in [-0.2, -0.15) is 4.31 Å². The molecule has 28 heavy (non-hydrogen) atoms. The first-order chi connectivity index (χ1) is 13.3. The maximum atomic E-state index is 12.9. The number of ether oxygens (including phenoxy) is 1. The van der Waals surface area contributed by atoms with Gasteiger partial charge in [-0.3, -0.25) is 4.79 Å². The van der Waals surface area contributed by atoms with Crippen molar-refractivity contribution in [3.05, 3.63) is 64.7 Å². The molecule has 2 aromatic rings. The molecule has 0 spiro atoms. The first kappa shape index (κ1) is 20.8. The van der Waals surface area contributed by atoms with E-state index in [2.05, 4.69) is 5.32 Å². The first-order valence-electron chi connectivity index (χ1n) is 9.04. The second-order valence-corrected chi connectivity index (χ2v) is 9.22. The van der Waals surface area contributed by atoms with E-state index in [1.807, 2.05) is 32.0 Å². The molecule has 8 heteroatoms. The largest absolute Gasteiger partial charge is 0.373 e. The number of hydrogen-bond donors (Lipinski definition) is 1. The summed E-state index contributed by atoms with van der Waals surface area (Å²) in [4.78, 5) is 12.5. The maximum absolute atomic E-state index is 12.9. The molecule has 1 heterocycles. The van der Waals surface area contributed by atoms with E-state index in [9.17, 15) is 13.2 Å². The number of sulfonamides is 1. The van der Waals surface area contributed by atoms with Crippen LogP contribution in [0.4, 0.5) is 0 Å². The Hall–Kier alpha value is -1.93. The molecular weight excluding hydrogens is 400 g/mol. The van der Waals surface area contributed by atoms with Crippen LogP contribution in [-0.4, -0.2) is 43.9 Å². The highest BCUT2D eigenvalue weighted by Crippen LogP contribution is 2.21. The molecule has 1 saturated heterocycles. The van der Waals surface area contributed by atoms with Gasteiger partial charge in [-0.15, -0.1) is 0 Å². The fourth-order valence-corrected chi connectivity index (χ4v) is 4.97.